The highest BCUT2D eigenvalue weighted by Crippen LogP contribution is 2.16. The molecule has 2 aromatic rings. The predicted molar refractivity (Wildman–Crippen MR) is 85.5 cm³/mol. The number of hydrogen-bond donors (Lipinski definition) is 1. The summed E-state index contributed by atoms with van der Waals surface area (Å²) in [5.74, 6) is 0.835. The lowest BCUT2D eigenvalue weighted by atomic mass is 10.2. The van der Waals surface area contributed by atoms with E-state index in [0.29, 0.717) is 13.2 Å². The molecule has 0 aliphatic carbocycles. The van der Waals surface area contributed by atoms with Gasteiger partial charge in [-0.1, -0.05) is 48.5 Å². The van der Waals surface area contributed by atoms with Gasteiger partial charge in [-0.05, 0) is 31.2 Å². The molecule has 3 nitrogen and oxygen atoms in total. The highest BCUT2D eigenvalue weighted by Gasteiger charge is 2.10. The quantitative estimate of drug-likeness (QED) is 0.849. The fourth-order valence-electron chi connectivity index (χ4n) is 2.28. The van der Waals surface area contributed by atoms with Crippen molar-refractivity contribution in [3.63, 3.8) is 0 Å². The lowest BCUT2D eigenvalue weighted by Crippen LogP contribution is -2.32. The molecule has 1 N–H and O–H groups in total. The van der Waals surface area contributed by atoms with Gasteiger partial charge in [-0.2, -0.15) is 0 Å². The van der Waals surface area contributed by atoms with Gasteiger partial charge in [0.1, 0.15) is 18.5 Å². The summed E-state index contributed by atoms with van der Waals surface area (Å²) in [5, 5.41) is 10.1. The first-order chi connectivity index (χ1) is 10.1. The smallest absolute Gasteiger partial charge is 0.122 e. The highest BCUT2D eigenvalue weighted by atomic mass is 16.5. The average Bonchev–Trinajstić information content (AvgIpc) is 2.47. The van der Waals surface area contributed by atoms with Gasteiger partial charge in [0.15, 0.2) is 0 Å². The van der Waals surface area contributed by atoms with E-state index in [-0.39, 0.29) is 0 Å². The van der Waals surface area contributed by atoms with Gasteiger partial charge in [0.2, 0.25) is 0 Å². The summed E-state index contributed by atoms with van der Waals surface area (Å²) in [6.45, 7) is 3.72. The van der Waals surface area contributed by atoms with E-state index in [0.717, 1.165) is 17.9 Å². The molecule has 0 amide bonds. The number of rotatable bonds is 7. The van der Waals surface area contributed by atoms with Crippen molar-refractivity contribution in [2.75, 3.05) is 20.2 Å². The molecule has 0 fully saturated rings. The van der Waals surface area contributed by atoms with E-state index < -0.39 is 6.10 Å². The molecule has 112 valence electrons. The van der Waals surface area contributed by atoms with Crippen LogP contribution >= 0.6 is 0 Å². The number of aliphatic hydroxyl groups is 1. The molecule has 0 heterocycles. The summed E-state index contributed by atoms with van der Waals surface area (Å²) < 4.78 is 5.67. The predicted octanol–water partition coefficient (Wildman–Crippen LogP) is 2.87. The van der Waals surface area contributed by atoms with Crippen LogP contribution in [0.1, 0.15) is 11.1 Å². The minimum Gasteiger partial charge on any atom is -0.491 e. The van der Waals surface area contributed by atoms with Gasteiger partial charge < -0.3 is 9.84 Å². The Hall–Kier alpha value is -1.84. The third-order valence-corrected chi connectivity index (χ3v) is 3.34. The summed E-state index contributed by atoms with van der Waals surface area (Å²) in [6, 6.07) is 18.1. The molecule has 0 radical (unpaired) electrons. The first-order valence-corrected chi connectivity index (χ1v) is 7.24. The van der Waals surface area contributed by atoms with Gasteiger partial charge in [-0.15, -0.1) is 0 Å². The molecule has 0 bridgehead atoms. The second-order valence-corrected chi connectivity index (χ2v) is 5.41. The molecular weight excluding hydrogens is 262 g/mol. The Bertz CT molecular complexity index is 542. The lowest BCUT2D eigenvalue weighted by molar-refractivity contribution is 0.0741. The molecule has 0 aromatic heterocycles. The molecule has 0 saturated carbocycles. The van der Waals surface area contributed by atoms with Crippen molar-refractivity contribution in [1.82, 2.24) is 4.90 Å². The highest BCUT2D eigenvalue weighted by molar-refractivity contribution is 5.31. The number of hydrogen-bond acceptors (Lipinski definition) is 3. The Kier molecular flexibility index (Phi) is 5.78. The van der Waals surface area contributed by atoms with E-state index in [2.05, 4.69) is 17.0 Å². The van der Waals surface area contributed by atoms with Crippen molar-refractivity contribution in [3.05, 3.63) is 65.7 Å². The zero-order valence-corrected chi connectivity index (χ0v) is 12.7. The van der Waals surface area contributed by atoms with Crippen molar-refractivity contribution in [2.24, 2.45) is 0 Å². The molecule has 1 atom stereocenters. The number of nitrogens with zero attached hydrogens (tertiary/aromatic N) is 1. The molecular formula is C18H23NO2. The molecule has 3 heteroatoms. The Morgan fingerprint density at radius 2 is 1.71 bits per heavy atom. The Labute approximate surface area is 126 Å². The second kappa shape index (κ2) is 7.81. The van der Waals surface area contributed by atoms with Crippen LogP contribution in [0.5, 0.6) is 5.75 Å². The summed E-state index contributed by atoms with van der Waals surface area (Å²) in [6.07, 6.45) is -0.502. The van der Waals surface area contributed by atoms with Gasteiger partial charge in [-0.3, -0.25) is 4.90 Å². The third-order valence-electron chi connectivity index (χ3n) is 3.34. The topological polar surface area (TPSA) is 32.7 Å². The fraction of sp³-hybridized carbons (Fsp3) is 0.333. The van der Waals surface area contributed by atoms with E-state index >= 15 is 0 Å². The second-order valence-electron chi connectivity index (χ2n) is 5.41. The molecule has 0 aliphatic heterocycles. The van der Waals surface area contributed by atoms with E-state index in [9.17, 15) is 5.11 Å². The maximum absolute atomic E-state index is 10.1. The molecule has 0 unspecified atom stereocenters. The Morgan fingerprint density at radius 1 is 1.05 bits per heavy atom. The largest absolute Gasteiger partial charge is 0.491 e. The van der Waals surface area contributed by atoms with Crippen molar-refractivity contribution in [2.45, 2.75) is 19.6 Å². The molecule has 21 heavy (non-hydrogen) atoms. The minimum atomic E-state index is -0.502. The first-order valence-electron chi connectivity index (χ1n) is 7.24. The van der Waals surface area contributed by atoms with Crippen LogP contribution in [-0.2, 0) is 6.54 Å². The van der Waals surface area contributed by atoms with Crippen LogP contribution in [0.2, 0.25) is 0 Å². The maximum atomic E-state index is 10.1. The molecule has 2 rings (SSSR count). The molecule has 0 spiro atoms. The van der Waals surface area contributed by atoms with E-state index in [1.807, 2.05) is 56.4 Å². The molecule has 0 saturated heterocycles. The van der Waals surface area contributed by atoms with Crippen molar-refractivity contribution in [1.29, 1.82) is 0 Å². The van der Waals surface area contributed by atoms with Crippen LogP contribution in [0, 0.1) is 6.92 Å². The van der Waals surface area contributed by atoms with Gasteiger partial charge in [0, 0.05) is 13.1 Å². The zero-order valence-electron chi connectivity index (χ0n) is 12.7. The number of aryl methyl sites for hydroxylation is 1. The average molecular weight is 285 g/mol. The maximum Gasteiger partial charge on any atom is 0.122 e. The zero-order chi connectivity index (χ0) is 15.1. The van der Waals surface area contributed by atoms with Crippen LogP contribution in [0.4, 0.5) is 0 Å². The first kappa shape index (κ1) is 15.5. The van der Waals surface area contributed by atoms with Crippen LogP contribution in [0.15, 0.2) is 54.6 Å². The van der Waals surface area contributed by atoms with Crippen LogP contribution < -0.4 is 4.74 Å². The van der Waals surface area contributed by atoms with Crippen molar-refractivity contribution in [3.8, 4) is 5.75 Å². The number of benzene rings is 2. The van der Waals surface area contributed by atoms with Crippen LogP contribution in [0.3, 0.4) is 0 Å². The van der Waals surface area contributed by atoms with Gasteiger partial charge in [0.25, 0.3) is 0 Å². The summed E-state index contributed by atoms with van der Waals surface area (Å²) in [4.78, 5) is 2.10. The number of likely N-dealkylation sites (N-methyl/N-ethyl adjacent to an activating group) is 1. The van der Waals surface area contributed by atoms with Gasteiger partial charge in [-0.25, -0.2) is 0 Å². The van der Waals surface area contributed by atoms with Crippen molar-refractivity contribution < 1.29 is 9.84 Å². The molecule has 2 aromatic carbocycles. The van der Waals surface area contributed by atoms with Gasteiger partial charge >= 0.3 is 0 Å². The van der Waals surface area contributed by atoms with Crippen LogP contribution in [-0.4, -0.2) is 36.3 Å². The van der Waals surface area contributed by atoms with Gasteiger partial charge in [0.05, 0.1) is 0 Å². The monoisotopic (exact) mass is 285 g/mol. The number of aliphatic hydroxyl groups excluding tert-OH is 1. The summed E-state index contributed by atoms with van der Waals surface area (Å²) in [7, 11) is 2.00. The van der Waals surface area contributed by atoms with Crippen molar-refractivity contribution >= 4 is 0 Å². The fourth-order valence-corrected chi connectivity index (χ4v) is 2.28. The summed E-state index contributed by atoms with van der Waals surface area (Å²) >= 11 is 0. The SMILES string of the molecule is Cc1ccccc1OC[C@@H](O)CN(C)Cc1ccccc1. The van der Waals surface area contributed by atoms with E-state index in [1.54, 1.807) is 0 Å². The normalized spacial score (nSPS) is 12.4. The standard InChI is InChI=1S/C18H23NO2/c1-15-8-6-7-11-18(15)21-14-17(20)13-19(2)12-16-9-4-3-5-10-16/h3-11,17,20H,12-14H2,1-2H3/t17-/m0/s1. The Balaban J connectivity index is 1.76. The molecule has 0 aliphatic rings. The van der Waals surface area contributed by atoms with Crippen LogP contribution in [0.25, 0.3) is 0 Å². The van der Waals surface area contributed by atoms with E-state index in [4.69, 9.17) is 4.74 Å². The number of para-hydroxylation sites is 1. The number of ether oxygens (including phenoxy) is 1. The third kappa shape index (κ3) is 5.21. The Morgan fingerprint density at radius 3 is 2.43 bits per heavy atom. The minimum absolute atomic E-state index is 0.310. The summed E-state index contributed by atoms with van der Waals surface area (Å²) in [5.41, 5.74) is 2.33. The lowest BCUT2D eigenvalue weighted by Gasteiger charge is -2.21. The van der Waals surface area contributed by atoms with E-state index in [1.165, 1.54) is 5.56 Å².